The Hall–Kier alpha value is -2.65. The van der Waals surface area contributed by atoms with Crippen molar-refractivity contribution in [1.82, 2.24) is 15.1 Å². The van der Waals surface area contributed by atoms with Crippen molar-refractivity contribution in [3.05, 3.63) is 47.3 Å². The number of carbonyl (C=O) groups excluding carboxylic acids is 1. The van der Waals surface area contributed by atoms with Gasteiger partial charge in [-0.3, -0.25) is 4.79 Å². The van der Waals surface area contributed by atoms with Crippen LogP contribution in [-0.4, -0.2) is 21.7 Å². The fraction of sp³-hybridized carbons (Fsp3) is 0.267. The number of nitriles is 1. The molecule has 3 N–H and O–H groups in total. The highest BCUT2D eigenvalue weighted by Crippen LogP contribution is 2.16. The zero-order valence-electron chi connectivity index (χ0n) is 12.0. The van der Waals surface area contributed by atoms with Crippen LogP contribution >= 0.6 is 0 Å². The Labute approximate surface area is 123 Å². The van der Waals surface area contributed by atoms with E-state index in [9.17, 15) is 10.1 Å². The van der Waals surface area contributed by atoms with Crippen LogP contribution in [0.4, 0.5) is 0 Å². The van der Waals surface area contributed by atoms with Crippen molar-refractivity contribution in [1.29, 1.82) is 5.26 Å². The van der Waals surface area contributed by atoms with Crippen molar-refractivity contribution < 1.29 is 4.79 Å². The van der Waals surface area contributed by atoms with Crippen molar-refractivity contribution in [2.75, 3.05) is 0 Å². The Kier molecular flexibility index (Phi) is 4.36. The third kappa shape index (κ3) is 3.46. The van der Waals surface area contributed by atoms with Crippen LogP contribution in [0, 0.1) is 11.3 Å². The summed E-state index contributed by atoms with van der Waals surface area (Å²) in [5, 5.41) is 16.7. The predicted molar refractivity (Wildman–Crippen MR) is 78.8 cm³/mol. The molecule has 2 rings (SSSR count). The molecule has 0 unspecified atom stereocenters. The van der Waals surface area contributed by atoms with Crippen molar-refractivity contribution in [2.24, 2.45) is 5.73 Å². The second-order valence-electron chi connectivity index (χ2n) is 5.04. The molecule has 0 spiro atoms. The van der Waals surface area contributed by atoms with Crippen LogP contribution in [0.2, 0.25) is 0 Å². The summed E-state index contributed by atoms with van der Waals surface area (Å²) in [5.74, 6) is -0.544. The minimum absolute atomic E-state index is 0.310. The average Bonchev–Trinajstić information content (AvgIpc) is 2.94. The van der Waals surface area contributed by atoms with Crippen molar-refractivity contribution in [2.45, 2.75) is 26.4 Å². The highest BCUT2D eigenvalue weighted by molar-refractivity contribution is 5.92. The van der Waals surface area contributed by atoms with Gasteiger partial charge in [-0.05, 0) is 17.7 Å². The largest absolute Gasteiger partial charge is 0.366 e. The second kappa shape index (κ2) is 6.20. The summed E-state index contributed by atoms with van der Waals surface area (Å²) in [7, 11) is 0. The number of primary amides is 1. The molecule has 0 aliphatic heterocycles. The van der Waals surface area contributed by atoms with E-state index in [1.165, 1.54) is 17.1 Å². The van der Waals surface area contributed by atoms with Gasteiger partial charge < -0.3 is 11.1 Å². The molecule has 1 heterocycles. The van der Waals surface area contributed by atoms with Crippen molar-refractivity contribution >= 4 is 5.91 Å². The molecule has 0 saturated carbocycles. The molecule has 0 aliphatic rings. The van der Waals surface area contributed by atoms with Crippen molar-refractivity contribution in [3.8, 4) is 11.8 Å². The quantitative estimate of drug-likeness (QED) is 0.865. The fourth-order valence-corrected chi connectivity index (χ4v) is 1.89. The Morgan fingerprint density at radius 3 is 2.86 bits per heavy atom. The molecule has 1 aromatic heterocycles. The zero-order chi connectivity index (χ0) is 15.4. The second-order valence-corrected chi connectivity index (χ2v) is 5.04. The van der Waals surface area contributed by atoms with E-state index in [-0.39, 0.29) is 0 Å². The minimum atomic E-state index is -0.544. The number of amides is 1. The van der Waals surface area contributed by atoms with Crippen LogP contribution in [0.15, 0.2) is 30.6 Å². The first-order chi connectivity index (χ1) is 10.0. The van der Waals surface area contributed by atoms with Crippen LogP contribution in [0.25, 0.3) is 5.69 Å². The first-order valence-corrected chi connectivity index (χ1v) is 6.62. The van der Waals surface area contributed by atoms with Gasteiger partial charge in [-0.25, -0.2) is 4.68 Å². The lowest BCUT2D eigenvalue weighted by molar-refractivity contribution is 0.100. The normalized spacial score (nSPS) is 10.6. The molecular weight excluding hydrogens is 266 g/mol. The highest BCUT2D eigenvalue weighted by Gasteiger charge is 2.10. The molecule has 0 aliphatic carbocycles. The van der Waals surface area contributed by atoms with Gasteiger partial charge in [0.15, 0.2) is 0 Å². The molecule has 0 saturated heterocycles. The summed E-state index contributed by atoms with van der Waals surface area (Å²) in [6.45, 7) is 4.82. The van der Waals surface area contributed by atoms with E-state index in [1.807, 2.05) is 18.2 Å². The third-order valence-electron chi connectivity index (χ3n) is 3.01. The van der Waals surface area contributed by atoms with Gasteiger partial charge in [0.1, 0.15) is 6.07 Å². The molecule has 6 nitrogen and oxygen atoms in total. The molecule has 1 aromatic carbocycles. The van der Waals surface area contributed by atoms with E-state index in [0.29, 0.717) is 29.4 Å². The van der Waals surface area contributed by atoms with Crippen molar-refractivity contribution in [3.63, 3.8) is 0 Å². The van der Waals surface area contributed by atoms with Gasteiger partial charge in [-0.1, -0.05) is 19.9 Å². The van der Waals surface area contributed by atoms with E-state index in [2.05, 4.69) is 30.3 Å². The summed E-state index contributed by atoms with van der Waals surface area (Å²) in [6, 6.07) is 8.09. The summed E-state index contributed by atoms with van der Waals surface area (Å²) < 4.78 is 1.48. The van der Waals surface area contributed by atoms with Gasteiger partial charge in [-0.15, -0.1) is 0 Å². The average molecular weight is 283 g/mol. The van der Waals surface area contributed by atoms with Crippen LogP contribution in [0.5, 0.6) is 0 Å². The number of nitrogens with one attached hydrogen (secondary N) is 1. The molecule has 6 heteroatoms. The number of rotatable bonds is 5. The molecule has 1 amide bonds. The molecule has 0 radical (unpaired) electrons. The van der Waals surface area contributed by atoms with Gasteiger partial charge >= 0.3 is 0 Å². The Morgan fingerprint density at radius 1 is 1.52 bits per heavy atom. The molecule has 0 bridgehead atoms. The summed E-state index contributed by atoms with van der Waals surface area (Å²) in [6.07, 6.45) is 2.91. The number of aromatic nitrogens is 2. The topological polar surface area (TPSA) is 96.7 Å². The van der Waals surface area contributed by atoms with Crippen LogP contribution in [-0.2, 0) is 6.54 Å². The van der Waals surface area contributed by atoms with Crippen LogP contribution < -0.4 is 11.1 Å². The number of nitrogens with zero attached hydrogens (tertiary/aromatic N) is 3. The molecule has 21 heavy (non-hydrogen) atoms. The molecule has 0 atom stereocenters. The van der Waals surface area contributed by atoms with E-state index in [0.717, 1.165) is 5.56 Å². The SMILES string of the molecule is CC(C)NCc1ccc(-n2cc(C(N)=O)cn2)c(C#N)c1. The lowest BCUT2D eigenvalue weighted by Gasteiger charge is -2.10. The molecule has 2 aromatic rings. The number of carbonyl (C=O) groups is 1. The van der Waals surface area contributed by atoms with Gasteiger partial charge in [-0.2, -0.15) is 10.4 Å². The Morgan fingerprint density at radius 2 is 2.29 bits per heavy atom. The summed E-state index contributed by atoms with van der Waals surface area (Å²) in [4.78, 5) is 11.1. The first kappa shape index (κ1) is 14.8. The maximum atomic E-state index is 11.1. The van der Waals surface area contributed by atoms with Gasteiger partial charge in [0.2, 0.25) is 0 Å². The van der Waals surface area contributed by atoms with E-state index in [1.54, 1.807) is 0 Å². The smallest absolute Gasteiger partial charge is 0.251 e. The van der Waals surface area contributed by atoms with Gasteiger partial charge in [0.05, 0.1) is 23.0 Å². The zero-order valence-corrected chi connectivity index (χ0v) is 12.0. The maximum Gasteiger partial charge on any atom is 0.251 e. The lowest BCUT2D eigenvalue weighted by atomic mass is 10.1. The van der Waals surface area contributed by atoms with Gasteiger partial charge in [0.25, 0.3) is 5.91 Å². The standard InChI is InChI=1S/C15H17N5O/c1-10(2)18-7-11-3-4-14(12(5-11)6-16)20-9-13(8-19-20)15(17)21/h3-5,8-10,18H,7H2,1-2H3,(H2,17,21). The first-order valence-electron chi connectivity index (χ1n) is 6.62. The van der Waals surface area contributed by atoms with E-state index in [4.69, 9.17) is 5.73 Å². The monoisotopic (exact) mass is 283 g/mol. The summed E-state index contributed by atoms with van der Waals surface area (Å²) >= 11 is 0. The predicted octanol–water partition coefficient (Wildman–Crippen LogP) is 1.34. The maximum absolute atomic E-state index is 11.1. The van der Waals surface area contributed by atoms with Gasteiger partial charge in [0, 0.05) is 18.8 Å². The number of nitrogens with two attached hydrogens (primary N) is 1. The lowest BCUT2D eigenvalue weighted by Crippen LogP contribution is -2.21. The third-order valence-corrected chi connectivity index (χ3v) is 3.01. The number of benzene rings is 1. The minimum Gasteiger partial charge on any atom is -0.366 e. The number of hydrogen-bond donors (Lipinski definition) is 2. The van der Waals surface area contributed by atoms with Crippen LogP contribution in [0.3, 0.4) is 0 Å². The van der Waals surface area contributed by atoms with E-state index >= 15 is 0 Å². The molecule has 0 fully saturated rings. The molecular formula is C15H17N5O. The van der Waals surface area contributed by atoms with E-state index < -0.39 is 5.91 Å². The Bertz CT molecular complexity index is 696. The van der Waals surface area contributed by atoms with Crippen LogP contribution in [0.1, 0.15) is 35.3 Å². The summed E-state index contributed by atoms with van der Waals surface area (Å²) in [5.41, 5.74) is 7.65. The highest BCUT2D eigenvalue weighted by atomic mass is 16.1. The molecule has 108 valence electrons. The fourth-order valence-electron chi connectivity index (χ4n) is 1.89. The number of hydrogen-bond acceptors (Lipinski definition) is 4. The Balaban J connectivity index is 2.31.